The Bertz CT molecular complexity index is 760. The highest BCUT2D eigenvalue weighted by molar-refractivity contribution is 5.65. The summed E-state index contributed by atoms with van der Waals surface area (Å²) in [5.41, 5.74) is 2.69. The molecule has 0 radical (unpaired) electrons. The lowest BCUT2D eigenvalue weighted by Gasteiger charge is -2.16. The molecule has 0 saturated heterocycles. The summed E-state index contributed by atoms with van der Waals surface area (Å²) in [5.74, 6) is -0.956. The van der Waals surface area contributed by atoms with Crippen LogP contribution in [0, 0.1) is 25.5 Å². The third kappa shape index (κ3) is 5.02. The number of benzene rings is 2. The van der Waals surface area contributed by atoms with Crippen molar-refractivity contribution in [3.63, 3.8) is 0 Å². The summed E-state index contributed by atoms with van der Waals surface area (Å²) >= 11 is 0. The van der Waals surface area contributed by atoms with Crippen LogP contribution in [-0.4, -0.2) is 24.3 Å². The Labute approximate surface area is 148 Å². The van der Waals surface area contributed by atoms with E-state index in [1.165, 1.54) is 6.07 Å². The number of hydrogen-bond donors (Lipinski definition) is 0. The summed E-state index contributed by atoms with van der Waals surface area (Å²) < 4.78 is 32.0. The molecule has 0 amide bonds. The molecule has 0 heterocycles. The minimum atomic E-state index is -0.927. The normalized spacial score (nSPS) is 11.1. The van der Waals surface area contributed by atoms with Crippen molar-refractivity contribution < 1.29 is 13.5 Å². The standard InChI is InChI=1S/C20H24F2N2O/c1-5-9-24(6-2)13-23-19-10-15(4)20(11-14(19)3)25-16-7-8-17(21)18(22)12-16/h7-8,10-13H,5-6,9H2,1-4H3. The SMILES string of the molecule is CCCN(C=Nc1cc(C)c(Oc2ccc(F)c(F)c2)cc1C)CC. The van der Waals surface area contributed by atoms with E-state index in [9.17, 15) is 8.78 Å². The lowest BCUT2D eigenvalue weighted by molar-refractivity contribution is 0.452. The van der Waals surface area contributed by atoms with Gasteiger partial charge >= 0.3 is 0 Å². The largest absolute Gasteiger partial charge is 0.457 e. The van der Waals surface area contributed by atoms with E-state index in [1.54, 1.807) is 0 Å². The van der Waals surface area contributed by atoms with E-state index in [1.807, 2.05) is 32.3 Å². The predicted octanol–water partition coefficient (Wildman–Crippen LogP) is 5.77. The highest BCUT2D eigenvalue weighted by Crippen LogP contribution is 2.31. The fraction of sp³-hybridized carbons (Fsp3) is 0.350. The number of aryl methyl sites for hydroxylation is 2. The lowest BCUT2D eigenvalue weighted by atomic mass is 10.1. The first-order valence-electron chi connectivity index (χ1n) is 8.47. The topological polar surface area (TPSA) is 24.8 Å². The molecule has 3 nitrogen and oxygen atoms in total. The van der Waals surface area contributed by atoms with E-state index in [0.717, 1.165) is 48.5 Å². The van der Waals surface area contributed by atoms with Gasteiger partial charge in [0, 0.05) is 19.2 Å². The molecule has 0 atom stereocenters. The molecule has 25 heavy (non-hydrogen) atoms. The van der Waals surface area contributed by atoms with Crippen LogP contribution in [-0.2, 0) is 0 Å². The second-order valence-electron chi connectivity index (χ2n) is 5.96. The third-order valence-electron chi connectivity index (χ3n) is 3.89. The molecule has 0 aromatic heterocycles. The van der Waals surface area contributed by atoms with E-state index < -0.39 is 11.6 Å². The van der Waals surface area contributed by atoms with Crippen LogP contribution < -0.4 is 4.74 Å². The average molecular weight is 346 g/mol. The minimum Gasteiger partial charge on any atom is -0.457 e. The van der Waals surface area contributed by atoms with Gasteiger partial charge in [0.15, 0.2) is 11.6 Å². The number of hydrogen-bond acceptors (Lipinski definition) is 2. The first-order valence-corrected chi connectivity index (χ1v) is 8.47. The van der Waals surface area contributed by atoms with Crippen LogP contribution in [0.5, 0.6) is 11.5 Å². The molecule has 0 aliphatic heterocycles. The Morgan fingerprint density at radius 2 is 1.80 bits per heavy atom. The number of rotatable bonds is 7. The maximum Gasteiger partial charge on any atom is 0.162 e. The zero-order chi connectivity index (χ0) is 18.4. The van der Waals surface area contributed by atoms with Gasteiger partial charge in [-0.3, -0.25) is 0 Å². The van der Waals surface area contributed by atoms with E-state index in [0.29, 0.717) is 5.75 Å². The van der Waals surface area contributed by atoms with Crippen molar-refractivity contribution in [2.24, 2.45) is 4.99 Å². The summed E-state index contributed by atoms with van der Waals surface area (Å²) in [6.07, 6.45) is 2.93. The molecule has 0 N–H and O–H groups in total. The van der Waals surface area contributed by atoms with Gasteiger partial charge in [-0.05, 0) is 62.6 Å². The molecular formula is C20H24F2N2O. The van der Waals surface area contributed by atoms with Gasteiger partial charge in [-0.15, -0.1) is 0 Å². The average Bonchev–Trinajstić information content (AvgIpc) is 2.58. The van der Waals surface area contributed by atoms with E-state index in [-0.39, 0.29) is 5.75 Å². The maximum atomic E-state index is 13.3. The van der Waals surface area contributed by atoms with Gasteiger partial charge in [0.05, 0.1) is 12.0 Å². The third-order valence-corrected chi connectivity index (χ3v) is 3.89. The molecule has 2 rings (SSSR count). The van der Waals surface area contributed by atoms with Crippen LogP contribution in [0.4, 0.5) is 14.5 Å². The Kier molecular flexibility index (Phi) is 6.51. The lowest BCUT2D eigenvalue weighted by Crippen LogP contribution is -2.21. The Hall–Kier alpha value is -2.43. The monoisotopic (exact) mass is 346 g/mol. The van der Waals surface area contributed by atoms with Crippen LogP contribution in [0.25, 0.3) is 0 Å². The second-order valence-corrected chi connectivity index (χ2v) is 5.96. The van der Waals surface area contributed by atoms with Crippen LogP contribution in [0.2, 0.25) is 0 Å². The van der Waals surface area contributed by atoms with Crippen molar-refractivity contribution >= 4 is 12.0 Å². The number of nitrogens with zero attached hydrogens (tertiary/aromatic N) is 2. The fourth-order valence-electron chi connectivity index (χ4n) is 2.42. The summed E-state index contributed by atoms with van der Waals surface area (Å²) in [4.78, 5) is 6.72. The van der Waals surface area contributed by atoms with Crippen LogP contribution in [0.3, 0.4) is 0 Å². The molecule has 0 aliphatic rings. The zero-order valence-corrected chi connectivity index (χ0v) is 15.1. The maximum absolute atomic E-state index is 13.3. The molecule has 0 saturated carbocycles. The van der Waals surface area contributed by atoms with Crippen molar-refractivity contribution in [2.45, 2.75) is 34.1 Å². The van der Waals surface area contributed by atoms with Gasteiger partial charge in [-0.1, -0.05) is 6.92 Å². The first-order chi connectivity index (χ1) is 11.9. The van der Waals surface area contributed by atoms with Gasteiger partial charge < -0.3 is 9.64 Å². The Morgan fingerprint density at radius 3 is 2.44 bits per heavy atom. The van der Waals surface area contributed by atoms with Crippen LogP contribution in [0.1, 0.15) is 31.4 Å². The molecule has 0 bridgehead atoms. The molecule has 134 valence electrons. The van der Waals surface area contributed by atoms with Gasteiger partial charge in [0.25, 0.3) is 0 Å². The minimum absolute atomic E-state index is 0.262. The Morgan fingerprint density at radius 1 is 1.04 bits per heavy atom. The van der Waals surface area contributed by atoms with Crippen molar-refractivity contribution in [2.75, 3.05) is 13.1 Å². The first kappa shape index (κ1) is 18.9. The predicted molar refractivity (Wildman–Crippen MR) is 98.0 cm³/mol. The molecule has 0 spiro atoms. The van der Waals surface area contributed by atoms with Crippen LogP contribution in [0.15, 0.2) is 35.3 Å². The van der Waals surface area contributed by atoms with Crippen molar-refractivity contribution in [3.05, 3.63) is 53.1 Å². The molecule has 5 heteroatoms. The van der Waals surface area contributed by atoms with Crippen molar-refractivity contribution in [1.29, 1.82) is 0 Å². The second kappa shape index (κ2) is 8.60. The van der Waals surface area contributed by atoms with E-state index >= 15 is 0 Å². The number of halogens is 2. The van der Waals surface area contributed by atoms with Crippen molar-refractivity contribution in [3.8, 4) is 11.5 Å². The summed E-state index contributed by atoms with van der Waals surface area (Å²) in [7, 11) is 0. The number of aliphatic imine (C=N–C) groups is 1. The highest BCUT2D eigenvalue weighted by Gasteiger charge is 2.09. The molecule has 0 fully saturated rings. The van der Waals surface area contributed by atoms with Crippen molar-refractivity contribution in [1.82, 2.24) is 4.90 Å². The summed E-state index contributed by atoms with van der Waals surface area (Å²) in [6, 6.07) is 7.29. The molecule has 0 unspecified atom stereocenters. The molecule has 2 aromatic rings. The van der Waals surface area contributed by atoms with Gasteiger partial charge in [0.1, 0.15) is 11.5 Å². The fourth-order valence-corrected chi connectivity index (χ4v) is 2.42. The number of ether oxygens (including phenoxy) is 1. The summed E-state index contributed by atoms with van der Waals surface area (Å²) in [6.45, 7) is 9.95. The quantitative estimate of drug-likeness (QED) is 0.470. The molecule has 2 aromatic carbocycles. The molecule has 0 aliphatic carbocycles. The zero-order valence-electron chi connectivity index (χ0n) is 15.1. The van der Waals surface area contributed by atoms with E-state index in [2.05, 4.69) is 23.7 Å². The van der Waals surface area contributed by atoms with Gasteiger partial charge in [-0.25, -0.2) is 13.8 Å². The van der Waals surface area contributed by atoms with Gasteiger partial charge in [-0.2, -0.15) is 0 Å². The summed E-state index contributed by atoms with van der Waals surface area (Å²) in [5, 5.41) is 0. The molecular weight excluding hydrogens is 322 g/mol. The van der Waals surface area contributed by atoms with E-state index in [4.69, 9.17) is 4.74 Å². The van der Waals surface area contributed by atoms with Crippen LogP contribution >= 0.6 is 0 Å². The smallest absolute Gasteiger partial charge is 0.162 e. The Balaban J connectivity index is 2.21. The van der Waals surface area contributed by atoms with Gasteiger partial charge in [0.2, 0.25) is 0 Å². The highest BCUT2D eigenvalue weighted by atomic mass is 19.2.